The Hall–Kier alpha value is -9.92. The summed E-state index contributed by atoms with van der Waals surface area (Å²) in [7, 11) is 0. The number of rotatable bonds is 30. The van der Waals surface area contributed by atoms with Crippen molar-refractivity contribution in [2.45, 2.75) is 149 Å². The van der Waals surface area contributed by atoms with E-state index in [2.05, 4.69) is 32.4 Å². The highest BCUT2D eigenvalue weighted by Gasteiger charge is 2.29. The second-order valence-corrected chi connectivity index (χ2v) is 32.6. The number of nitrogens with one attached hydrogen (secondary N) is 1. The number of ether oxygens (including phenoxy) is 3. The van der Waals surface area contributed by atoms with Crippen molar-refractivity contribution in [2.24, 2.45) is 17.8 Å². The minimum Gasteiger partial charge on any atom is -0.481 e. The van der Waals surface area contributed by atoms with E-state index in [1.807, 2.05) is 24.3 Å². The molecule has 2 N–H and O–H groups in total. The van der Waals surface area contributed by atoms with Crippen molar-refractivity contribution in [1.82, 2.24) is 30.1 Å². The molecule has 3 aliphatic heterocycles. The van der Waals surface area contributed by atoms with Gasteiger partial charge in [0, 0.05) is 155 Å². The number of aliphatic carboxylic acids is 1. The fourth-order valence-electron chi connectivity index (χ4n) is 13.0. The number of hydrogen-bond donors (Lipinski definition) is 2. The Labute approximate surface area is 663 Å². The molecule has 0 saturated heterocycles. The molecule has 0 bridgehead atoms. The predicted octanol–water partition coefficient (Wildman–Crippen LogP) is 18.4. The summed E-state index contributed by atoms with van der Waals surface area (Å²) in [5.41, 5.74) is 7.89. The monoisotopic (exact) mass is 1600 g/mol. The van der Waals surface area contributed by atoms with Gasteiger partial charge in [-0.2, -0.15) is 0 Å². The molecule has 0 unspecified atom stereocenters. The van der Waals surface area contributed by atoms with Gasteiger partial charge in [-0.15, -0.1) is 34.0 Å². The first-order valence-corrected chi connectivity index (χ1v) is 40.6. The van der Waals surface area contributed by atoms with Gasteiger partial charge in [0.2, 0.25) is 17.1 Å². The lowest BCUT2D eigenvalue weighted by Crippen LogP contribution is -2.34. The number of aromatic nitrogens is 3. The van der Waals surface area contributed by atoms with Gasteiger partial charge in [-0.1, -0.05) is 36.4 Å². The van der Waals surface area contributed by atoms with Gasteiger partial charge in [0.05, 0.1) is 37.1 Å². The van der Waals surface area contributed by atoms with Crippen LogP contribution in [-0.4, -0.2) is 121 Å². The number of carbonyl (C=O) groups is 9. The zero-order valence-electron chi connectivity index (χ0n) is 62.3. The van der Waals surface area contributed by atoms with Crippen molar-refractivity contribution in [3.63, 3.8) is 0 Å². The van der Waals surface area contributed by atoms with E-state index in [0.29, 0.717) is 110 Å². The second kappa shape index (κ2) is 38.5. The maximum atomic E-state index is 14.8. The molecule has 19 nitrogen and oxygen atoms in total. The van der Waals surface area contributed by atoms with Crippen molar-refractivity contribution >= 4 is 145 Å². The Morgan fingerprint density at radius 1 is 0.464 bits per heavy atom. The van der Waals surface area contributed by atoms with Crippen LogP contribution in [0.5, 0.6) is 34.5 Å². The quantitative estimate of drug-likeness (QED) is 0.0397. The second-order valence-electron chi connectivity index (χ2n) is 29.1. The van der Waals surface area contributed by atoms with Crippen molar-refractivity contribution in [1.29, 1.82) is 0 Å². The third kappa shape index (κ3) is 23.8. The average molecular weight is 1600 g/mol. The molecule has 3 saturated carbocycles. The van der Waals surface area contributed by atoms with Crippen LogP contribution in [0, 0.1) is 35.2 Å². The van der Waals surface area contributed by atoms with Crippen LogP contribution < -0.4 is 19.5 Å². The highest BCUT2D eigenvalue weighted by atomic mass is 35.5. The number of carboxylic acid groups (broad SMARTS) is 1. The molecule has 3 aliphatic carbocycles. The third-order valence-corrected chi connectivity index (χ3v) is 23.5. The smallest absolute Gasteiger partial charge is 0.303 e. The molecule has 26 heteroatoms. The van der Waals surface area contributed by atoms with Crippen molar-refractivity contribution < 1.29 is 75.6 Å². The van der Waals surface area contributed by atoms with E-state index < -0.39 is 28.7 Å². The first-order chi connectivity index (χ1) is 54.0. The SMILES string of the molecule is CC(=O)CCC(=O)Cl.CC(=O)CCC(=O)N1CC=C(c2cc3nccc(Oc4ccc(CC(=O)CC5CC5)cc4F)c3s2)CC1.O=C(Cc1ccc(Oc2ccnc3cc(C4=CCNCC4)sc23)c(F)c1)CC1CC1.O=C(O)CCC(=O)N1CC=C(c2cc3nccc(Oc4ccc(CC(=O)CC5CC5)cc4F)c3s2)CC1. The number of carbonyl (C=O) groups excluding carboxylic acids is 8. The maximum absolute atomic E-state index is 14.8. The number of nitrogens with zero attached hydrogens (tertiary/aromatic N) is 5. The Balaban J connectivity index is 0.000000149. The van der Waals surface area contributed by atoms with Crippen molar-refractivity contribution in [3.8, 4) is 34.5 Å². The zero-order valence-corrected chi connectivity index (χ0v) is 65.5. The molecular formula is C86H86ClF3N6O13S3. The lowest BCUT2D eigenvalue weighted by Gasteiger charge is -2.26. The van der Waals surface area contributed by atoms with Crippen molar-refractivity contribution in [3.05, 3.63) is 177 Å². The Morgan fingerprint density at radius 2 is 0.821 bits per heavy atom. The zero-order chi connectivity index (χ0) is 79.0. The Morgan fingerprint density at radius 3 is 1.12 bits per heavy atom. The lowest BCUT2D eigenvalue weighted by atomic mass is 10.0. The molecule has 0 atom stereocenters. The van der Waals surface area contributed by atoms with Crippen LogP contribution in [-0.2, 0) is 62.4 Å². The fraction of sp³-hybridized carbons (Fsp3) is 0.372. The molecular weight excluding hydrogens is 1510 g/mol. The number of benzene rings is 3. The number of amides is 2. The van der Waals surface area contributed by atoms with Gasteiger partial charge in [-0.25, -0.2) is 13.2 Å². The molecule has 584 valence electrons. The summed E-state index contributed by atoms with van der Waals surface area (Å²) in [5, 5.41) is 11.7. The normalized spacial score (nSPS) is 15.3. The molecule has 6 aromatic heterocycles. The summed E-state index contributed by atoms with van der Waals surface area (Å²) < 4.78 is 64.7. The summed E-state index contributed by atoms with van der Waals surface area (Å²) in [6.45, 7) is 6.84. The number of carboxylic acids is 1. The predicted molar refractivity (Wildman–Crippen MR) is 428 cm³/mol. The van der Waals surface area contributed by atoms with Gasteiger partial charge in [-0.3, -0.25) is 48.5 Å². The van der Waals surface area contributed by atoms with E-state index in [0.717, 1.165) is 110 Å². The molecule has 9 heterocycles. The van der Waals surface area contributed by atoms with Crippen LogP contribution >= 0.6 is 45.6 Å². The molecule has 0 spiro atoms. The number of fused-ring (bicyclic) bond motifs is 3. The van der Waals surface area contributed by atoms with E-state index in [1.165, 1.54) is 65.2 Å². The van der Waals surface area contributed by atoms with Gasteiger partial charge in [0.15, 0.2) is 34.7 Å². The standard InChI is InChI=1S/C29H29FN2O4S.C28H27FN2O5S.C24H23FN2O2S.C5H7ClO2/c1-18(33)2-7-28(35)32-12-9-21(10-13-32)27-17-24-29(37-27)26(8-11-31-24)36-25-6-5-20(16-23(25)30)15-22(34)14-19-3-4-19;29-21-15-18(14-20(32)13-17-1-2-17)3-4-23(21)36-24-7-10-30-22-16-25(37-28(22)24)19-8-11-31(12-9-19)26(33)5-6-27(34)35;25-19-13-16(12-18(28)11-15-1-2-15)3-4-21(19)29-22-7-10-27-20-14-23(30-24(20)22)17-5-8-26-9-6-17;1-4(7)2-3-5(6)8/h5-6,8-9,11,16-17,19H,2-4,7,10,12-15H2,1H3;3-4,7-8,10,15-17H,1-2,5-6,9,11-14H2,(H,34,35);3-5,7,10,13-15,26H,1-2,6,8-9,11-12H2;2-3H2,1H3. The molecule has 2 amide bonds. The number of thiophene rings is 3. The van der Waals surface area contributed by atoms with Crippen LogP contribution in [0.3, 0.4) is 0 Å². The number of hydrogen-bond acceptors (Lipinski definition) is 19. The molecule has 0 radical (unpaired) electrons. The van der Waals surface area contributed by atoms with Gasteiger partial charge in [0.1, 0.15) is 46.2 Å². The first-order valence-electron chi connectivity index (χ1n) is 37.8. The summed E-state index contributed by atoms with van der Waals surface area (Å²) in [6, 6.07) is 25.4. The number of ketones is 5. The molecule has 15 rings (SSSR count). The van der Waals surface area contributed by atoms with Crippen molar-refractivity contribution in [2.75, 3.05) is 39.3 Å². The molecule has 6 aliphatic rings. The van der Waals surface area contributed by atoms with Gasteiger partial charge >= 0.3 is 5.97 Å². The van der Waals surface area contributed by atoms with Crippen LogP contribution in [0.4, 0.5) is 13.2 Å². The molecule has 9 aromatic rings. The molecule has 3 aromatic carbocycles. The van der Waals surface area contributed by atoms with Gasteiger partial charge in [0.25, 0.3) is 0 Å². The van der Waals surface area contributed by atoms with E-state index in [9.17, 15) is 56.3 Å². The largest absolute Gasteiger partial charge is 0.481 e. The van der Waals surface area contributed by atoms with Crippen LogP contribution in [0.15, 0.2) is 128 Å². The number of halogens is 4. The van der Waals surface area contributed by atoms with E-state index >= 15 is 0 Å². The van der Waals surface area contributed by atoms with Gasteiger partial charge in [-0.05, 0) is 196 Å². The van der Waals surface area contributed by atoms with Gasteiger partial charge < -0.3 is 44.0 Å². The maximum Gasteiger partial charge on any atom is 0.303 e. The summed E-state index contributed by atoms with van der Waals surface area (Å²) in [4.78, 5) is 123. The van der Waals surface area contributed by atoms with Crippen LogP contribution in [0.25, 0.3) is 47.4 Å². The minimum atomic E-state index is -0.979. The average Bonchev–Trinajstić information content (AvgIpc) is 1.64. The van der Waals surface area contributed by atoms with Crippen LogP contribution in [0.2, 0.25) is 0 Å². The highest BCUT2D eigenvalue weighted by Crippen LogP contribution is 2.44. The van der Waals surface area contributed by atoms with E-state index in [1.54, 1.807) is 94.3 Å². The summed E-state index contributed by atoms with van der Waals surface area (Å²) in [5.74, 6) is 1.46. The Kier molecular flexibility index (Phi) is 28.1. The van der Waals surface area contributed by atoms with E-state index in [4.69, 9.17) is 30.9 Å². The Bertz CT molecular complexity index is 4930. The molecule has 3 fully saturated rings. The third-order valence-electron chi connectivity index (χ3n) is 19.7. The topological polar surface area (TPSA) is 259 Å². The van der Waals surface area contributed by atoms with Crippen LogP contribution in [0.1, 0.15) is 161 Å². The summed E-state index contributed by atoms with van der Waals surface area (Å²) >= 11 is 9.59. The minimum absolute atomic E-state index is 0.000322. The molecule has 112 heavy (non-hydrogen) atoms. The van der Waals surface area contributed by atoms with E-state index in [-0.39, 0.29) is 116 Å². The first kappa shape index (κ1) is 81.6. The number of pyridine rings is 3. The lowest BCUT2D eigenvalue weighted by molar-refractivity contribution is -0.140. The summed E-state index contributed by atoms with van der Waals surface area (Å²) in [6.07, 6.45) is 23.6. The number of Topliss-reactive ketones (excluding diaryl/α,β-unsaturated/α-hetero) is 5. The highest BCUT2D eigenvalue weighted by molar-refractivity contribution is 7.21. The fourth-order valence-corrected chi connectivity index (χ4v) is 16.5.